The first-order valence-electron chi connectivity index (χ1n) is 15.1. The predicted octanol–water partition coefficient (Wildman–Crippen LogP) is 1.80. The third-order valence-electron chi connectivity index (χ3n) is 9.09. The lowest BCUT2D eigenvalue weighted by atomic mass is 10.1. The summed E-state index contributed by atoms with van der Waals surface area (Å²) in [6, 6.07) is 1.86. The molecule has 5 saturated heterocycles. The highest BCUT2D eigenvalue weighted by Crippen LogP contribution is 2.28. The van der Waals surface area contributed by atoms with Crippen LogP contribution in [0.5, 0.6) is 0 Å². The second kappa shape index (κ2) is 11.6. The molecule has 0 saturated carbocycles. The van der Waals surface area contributed by atoms with E-state index < -0.39 is 0 Å². The maximum atomic E-state index is 13.6. The predicted molar refractivity (Wildman–Crippen MR) is 149 cm³/mol. The zero-order chi connectivity index (χ0) is 25.9. The number of amides is 2. The van der Waals surface area contributed by atoms with Gasteiger partial charge in [0.25, 0.3) is 0 Å². The van der Waals surface area contributed by atoms with E-state index in [0.717, 1.165) is 82.8 Å². The third kappa shape index (κ3) is 5.55. The van der Waals surface area contributed by atoms with Crippen LogP contribution in [0.4, 0.5) is 17.6 Å². The van der Waals surface area contributed by atoms with Crippen molar-refractivity contribution in [3.63, 3.8) is 0 Å². The van der Waals surface area contributed by atoms with E-state index in [2.05, 4.69) is 25.7 Å². The van der Waals surface area contributed by atoms with Crippen LogP contribution in [-0.2, 0) is 9.59 Å². The average Bonchev–Trinajstić information content (AvgIpc) is 3.76. The van der Waals surface area contributed by atoms with Crippen LogP contribution in [0.25, 0.3) is 0 Å². The summed E-state index contributed by atoms with van der Waals surface area (Å²) in [6.07, 6.45) is 10.1. The Labute approximate surface area is 226 Å². The van der Waals surface area contributed by atoms with Crippen molar-refractivity contribution in [3.05, 3.63) is 6.07 Å². The first-order chi connectivity index (χ1) is 18.7. The van der Waals surface area contributed by atoms with E-state index in [-0.39, 0.29) is 17.9 Å². The number of rotatable bonds is 6. The van der Waals surface area contributed by atoms with E-state index >= 15 is 0 Å². The number of anilines is 3. The van der Waals surface area contributed by atoms with E-state index in [4.69, 9.17) is 9.97 Å². The molecule has 1 atom stereocenters. The summed E-state index contributed by atoms with van der Waals surface area (Å²) in [5.41, 5.74) is 0. The topological polar surface area (TPSA) is 79.4 Å². The highest BCUT2D eigenvalue weighted by atomic mass is 16.2. The molecular weight excluding hydrogens is 480 g/mol. The number of carbonyl (C=O) groups excluding carboxylic acids is 2. The van der Waals surface area contributed by atoms with Crippen LogP contribution in [0, 0.1) is 0 Å². The summed E-state index contributed by atoms with van der Waals surface area (Å²) in [6.45, 7) is 10.2. The average molecular weight is 525 g/mol. The number of piperazine rings is 1. The van der Waals surface area contributed by atoms with E-state index in [1.54, 1.807) is 0 Å². The zero-order valence-electron chi connectivity index (χ0n) is 22.9. The van der Waals surface area contributed by atoms with Gasteiger partial charge in [-0.25, -0.2) is 0 Å². The van der Waals surface area contributed by atoms with Gasteiger partial charge in [0.05, 0.1) is 6.54 Å². The lowest BCUT2D eigenvalue weighted by molar-refractivity contribution is -0.144. The van der Waals surface area contributed by atoms with Gasteiger partial charge in [-0.2, -0.15) is 9.97 Å². The van der Waals surface area contributed by atoms with Crippen LogP contribution in [0.15, 0.2) is 6.07 Å². The second-order valence-electron chi connectivity index (χ2n) is 11.7. The summed E-state index contributed by atoms with van der Waals surface area (Å²) in [7, 11) is 0. The van der Waals surface area contributed by atoms with Crippen LogP contribution in [-0.4, -0.2) is 121 Å². The van der Waals surface area contributed by atoms with Crippen molar-refractivity contribution in [2.75, 3.05) is 93.2 Å². The Morgan fingerprint density at radius 1 is 0.658 bits per heavy atom. The van der Waals surface area contributed by atoms with Gasteiger partial charge < -0.3 is 24.5 Å². The number of likely N-dealkylation sites (tertiary alicyclic amines) is 2. The van der Waals surface area contributed by atoms with Gasteiger partial charge in [0.2, 0.25) is 17.8 Å². The maximum absolute atomic E-state index is 13.6. The molecule has 1 aromatic heterocycles. The molecule has 5 aliphatic rings. The third-order valence-corrected chi connectivity index (χ3v) is 9.09. The van der Waals surface area contributed by atoms with Crippen LogP contribution < -0.4 is 14.7 Å². The second-order valence-corrected chi connectivity index (χ2v) is 11.7. The molecule has 10 nitrogen and oxygen atoms in total. The lowest BCUT2D eigenvalue weighted by Gasteiger charge is -2.38. The summed E-state index contributed by atoms with van der Waals surface area (Å²) in [5, 5.41) is 0. The van der Waals surface area contributed by atoms with Crippen molar-refractivity contribution in [1.82, 2.24) is 24.7 Å². The zero-order valence-corrected chi connectivity index (χ0v) is 22.9. The molecule has 6 rings (SSSR count). The molecule has 5 fully saturated rings. The van der Waals surface area contributed by atoms with Gasteiger partial charge >= 0.3 is 0 Å². The van der Waals surface area contributed by atoms with Gasteiger partial charge in [0, 0.05) is 65.0 Å². The molecule has 208 valence electrons. The Balaban J connectivity index is 1.09. The summed E-state index contributed by atoms with van der Waals surface area (Å²) < 4.78 is 0. The maximum Gasteiger partial charge on any atom is 0.245 e. The van der Waals surface area contributed by atoms with Crippen LogP contribution in [0.2, 0.25) is 0 Å². The van der Waals surface area contributed by atoms with E-state index in [0.29, 0.717) is 26.2 Å². The van der Waals surface area contributed by atoms with Crippen molar-refractivity contribution < 1.29 is 9.59 Å². The smallest absolute Gasteiger partial charge is 0.245 e. The number of nitrogens with zero attached hydrogens (tertiary/aromatic N) is 8. The van der Waals surface area contributed by atoms with Gasteiger partial charge in [-0.05, 0) is 64.5 Å². The van der Waals surface area contributed by atoms with Crippen LogP contribution in [0.3, 0.4) is 0 Å². The van der Waals surface area contributed by atoms with Gasteiger partial charge in [-0.15, -0.1) is 0 Å². The normalized spacial score (nSPS) is 25.1. The SMILES string of the molecule is O=C(C1CCCN1C(=O)CN1CCCCC1)N1CCN(c2cc(N3CCCC3)nc(N3CCCC3)n2)CC1. The van der Waals surface area contributed by atoms with Gasteiger partial charge in [0.1, 0.15) is 17.7 Å². The van der Waals surface area contributed by atoms with E-state index in [1.807, 2.05) is 9.80 Å². The Bertz CT molecular complexity index is 945. The van der Waals surface area contributed by atoms with Gasteiger partial charge in [0.15, 0.2) is 0 Å². The monoisotopic (exact) mass is 524 g/mol. The lowest BCUT2D eigenvalue weighted by Crippen LogP contribution is -2.55. The fourth-order valence-corrected chi connectivity index (χ4v) is 6.83. The van der Waals surface area contributed by atoms with Crippen LogP contribution >= 0.6 is 0 Å². The first kappa shape index (κ1) is 25.6. The number of aromatic nitrogens is 2. The molecule has 0 bridgehead atoms. The van der Waals surface area contributed by atoms with Crippen molar-refractivity contribution in [2.24, 2.45) is 0 Å². The summed E-state index contributed by atoms with van der Waals surface area (Å²) >= 11 is 0. The fourth-order valence-electron chi connectivity index (χ4n) is 6.83. The molecule has 0 spiro atoms. The Morgan fingerprint density at radius 3 is 1.89 bits per heavy atom. The Kier molecular flexibility index (Phi) is 7.85. The van der Waals surface area contributed by atoms with Crippen molar-refractivity contribution in [3.8, 4) is 0 Å². The first-order valence-corrected chi connectivity index (χ1v) is 15.1. The Hall–Kier alpha value is -2.62. The van der Waals surface area contributed by atoms with Crippen molar-refractivity contribution in [1.29, 1.82) is 0 Å². The number of carbonyl (C=O) groups is 2. The molecule has 10 heteroatoms. The molecule has 0 aliphatic carbocycles. The quantitative estimate of drug-likeness (QED) is 0.558. The van der Waals surface area contributed by atoms with Crippen LogP contribution in [0.1, 0.15) is 57.8 Å². The van der Waals surface area contributed by atoms with Crippen molar-refractivity contribution >= 4 is 29.4 Å². The van der Waals surface area contributed by atoms with Gasteiger partial charge in [-0.3, -0.25) is 14.5 Å². The minimum Gasteiger partial charge on any atom is -0.356 e. The molecule has 0 N–H and O–H groups in total. The molecule has 1 aromatic rings. The fraction of sp³-hybridized carbons (Fsp3) is 0.786. The molecule has 5 aliphatic heterocycles. The number of hydrogen-bond acceptors (Lipinski definition) is 8. The molecular formula is C28H44N8O2. The van der Waals surface area contributed by atoms with E-state index in [1.165, 1.54) is 44.9 Å². The summed E-state index contributed by atoms with van der Waals surface area (Å²) in [4.78, 5) is 49.8. The minimum atomic E-state index is -0.290. The molecule has 6 heterocycles. The number of piperidine rings is 1. The van der Waals surface area contributed by atoms with Crippen molar-refractivity contribution in [2.45, 2.75) is 63.8 Å². The molecule has 1 unspecified atom stereocenters. The molecule has 0 aromatic carbocycles. The molecule has 38 heavy (non-hydrogen) atoms. The van der Waals surface area contributed by atoms with E-state index in [9.17, 15) is 9.59 Å². The highest BCUT2D eigenvalue weighted by molar-refractivity contribution is 5.89. The standard InChI is InChI=1S/C28H44N8O2/c37-26(22-31-10-2-1-3-11-31)36-16-8-9-23(36)27(38)34-19-17-33(18-20-34)25-21-24(32-12-4-5-13-32)29-28(30-25)35-14-6-7-15-35/h21,23H,1-20,22H2. The van der Waals surface area contributed by atoms with Gasteiger partial charge in [-0.1, -0.05) is 6.42 Å². The summed E-state index contributed by atoms with van der Waals surface area (Å²) in [5.74, 6) is 3.14. The number of hydrogen-bond donors (Lipinski definition) is 0. The minimum absolute atomic E-state index is 0.131. The molecule has 0 radical (unpaired) electrons. The molecule has 2 amide bonds. The largest absolute Gasteiger partial charge is 0.356 e. The highest BCUT2D eigenvalue weighted by Gasteiger charge is 2.38. The Morgan fingerprint density at radius 2 is 1.24 bits per heavy atom.